The quantitative estimate of drug-likeness (QED) is 0.766. The molecule has 0 amide bonds. The Balaban J connectivity index is 2.05. The van der Waals surface area contributed by atoms with Crippen molar-refractivity contribution in [2.24, 2.45) is 0 Å². The molecule has 1 N–H and O–H groups in total. The van der Waals surface area contributed by atoms with Gasteiger partial charge in [-0.2, -0.15) is 0 Å². The number of likely N-dealkylation sites (N-methyl/N-ethyl adjacent to an activating group) is 1. The summed E-state index contributed by atoms with van der Waals surface area (Å²) < 4.78 is 5.20. The maximum Gasteiger partial charge on any atom is 0.0935 e. The summed E-state index contributed by atoms with van der Waals surface area (Å²) in [5.74, 6) is 0. The molecule has 3 heteroatoms. The van der Waals surface area contributed by atoms with Crippen LogP contribution in [0.3, 0.4) is 0 Å². The Hall–Kier alpha value is -2.13. The molecule has 0 spiro atoms. The third kappa shape index (κ3) is 2.98. The van der Waals surface area contributed by atoms with Gasteiger partial charge in [-0.25, -0.2) is 0 Å². The van der Waals surface area contributed by atoms with Crippen LogP contribution in [0.25, 0.3) is 10.9 Å². The Morgan fingerprint density at radius 1 is 1.24 bits per heavy atom. The molecule has 0 aliphatic carbocycles. The summed E-state index contributed by atoms with van der Waals surface area (Å²) in [7, 11) is 0. The summed E-state index contributed by atoms with van der Waals surface area (Å²) >= 11 is 0. The molecule has 0 saturated carbocycles. The average Bonchev–Trinajstić information content (AvgIpc) is 2.99. The van der Waals surface area contributed by atoms with Gasteiger partial charge in [-0.3, -0.25) is 4.98 Å². The molecule has 0 radical (unpaired) electrons. The molecule has 0 saturated heterocycles. The lowest BCUT2D eigenvalue weighted by atomic mass is 9.96. The number of rotatable bonds is 5. The minimum absolute atomic E-state index is 0.263. The van der Waals surface area contributed by atoms with Crippen LogP contribution >= 0.6 is 0 Å². The first-order valence-corrected chi connectivity index (χ1v) is 7.38. The maximum absolute atomic E-state index is 5.20. The second-order valence-electron chi connectivity index (χ2n) is 5.32. The zero-order valence-electron chi connectivity index (χ0n) is 12.5. The number of para-hydroxylation sites is 1. The zero-order chi connectivity index (χ0) is 14.7. The van der Waals surface area contributed by atoms with E-state index in [1.54, 1.807) is 6.26 Å². The fraction of sp³-hybridized carbons (Fsp3) is 0.278. The summed E-state index contributed by atoms with van der Waals surface area (Å²) in [6.45, 7) is 5.12. The molecule has 2 aromatic heterocycles. The van der Waals surface area contributed by atoms with Crippen molar-refractivity contribution in [3.63, 3.8) is 0 Å². The molecule has 21 heavy (non-hydrogen) atoms. The van der Waals surface area contributed by atoms with Crippen molar-refractivity contribution < 1.29 is 4.42 Å². The van der Waals surface area contributed by atoms with Gasteiger partial charge in [0.1, 0.15) is 0 Å². The average molecular weight is 280 g/mol. The number of nitrogens with one attached hydrogen (secondary N) is 1. The third-order valence-electron chi connectivity index (χ3n) is 3.72. The van der Waals surface area contributed by atoms with Crippen LogP contribution in [-0.2, 0) is 6.42 Å². The van der Waals surface area contributed by atoms with Gasteiger partial charge in [0.25, 0.3) is 0 Å². The van der Waals surface area contributed by atoms with Gasteiger partial charge in [-0.15, -0.1) is 0 Å². The molecule has 2 heterocycles. The molecular weight excluding hydrogens is 260 g/mol. The smallest absolute Gasteiger partial charge is 0.0935 e. The van der Waals surface area contributed by atoms with Crippen LogP contribution < -0.4 is 5.32 Å². The van der Waals surface area contributed by atoms with Crippen molar-refractivity contribution in [1.82, 2.24) is 10.3 Å². The van der Waals surface area contributed by atoms with E-state index in [4.69, 9.17) is 4.42 Å². The fourth-order valence-corrected chi connectivity index (χ4v) is 2.81. The summed E-state index contributed by atoms with van der Waals surface area (Å²) in [4.78, 5) is 4.63. The summed E-state index contributed by atoms with van der Waals surface area (Å²) in [5.41, 5.74) is 4.63. The Kier molecular flexibility index (Phi) is 4.02. The lowest BCUT2D eigenvalue weighted by Gasteiger charge is -2.20. The highest BCUT2D eigenvalue weighted by molar-refractivity contribution is 5.82. The number of fused-ring (bicyclic) bond motifs is 1. The van der Waals surface area contributed by atoms with E-state index < -0.39 is 0 Å². The lowest BCUT2D eigenvalue weighted by molar-refractivity contribution is 0.536. The number of pyridine rings is 1. The van der Waals surface area contributed by atoms with E-state index in [2.05, 4.69) is 48.4 Å². The molecule has 1 unspecified atom stereocenters. The molecule has 0 aliphatic rings. The van der Waals surface area contributed by atoms with Crippen LogP contribution in [-0.4, -0.2) is 11.5 Å². The van der Waals surface area contributed by atoms with E-state index in [0.29, 0.717) is 0 Å². The Morgan fingerprint density at radius 2 is 2.10 bits per heavy atom. The standard InChI is InChI=1S/C18H20N2O/c1-3-19-18(11-14-8-9-21-12-14)16-10-13(2)20-17-7-5-4-6-15(16)17/h4-10,12,18-19H,3,11H2,1-2H3. The van der Waals surface area contributed by atoms with Gasteiger partial charge in [0.05, 0.1) is 18.0 Å². The Labute approximate surface area is 125 Å². The fourth-order valence-electron chi connectivity index (χ4n) is 2.81. The summed E-state index contributed by atoms with van der Waals surface area (Å²) in [6.07, 6.45) is 4.46. The van der Waals surface area contributed by atoms with Crippen molar-refractivity contribution in [3.05, 3.63) is 65.7 Å². The number of nitrogens with zero attached hydrogens (tertiary/aromatic N) is 1. The number of aromatic nitrogens is 1. The third-order valence-corrected chi connectivity index (χ3v) is 3.72. The molecule has 1 aromatic carbocycles. The van der Waals surface area contributed by atoms with Gasteiger partial charge in [0.2, 0.25) is 0 Å². The Morgan fingerprint density at radius 3 is 2.86 bits per heavy atom. The molecule has 3 nitrogen and oxygen atoms in total. The number of hydrogen-bond donors (Lipinski definition) is 1. The van der Waals surface area contributed by atoms with Crippen LogP contribution in [0.1, 0.15) is 29.8 Å². The van der Waals surface area contributed by atoms with E-state index in [0.717, 1.165) is 24.2 Å². The van der Waals surface area contributed by atoms with Crippen molar-refractivity contribution in [2.45, 2.75) is 26.3 Å². The molecule has 3 aromatic rings. The van der Waals surface area contributed by atoms with Gasteiger partial charge >= 0.3 is 0 Å². The highest BCUT2D eigenvalue weighted by Gasteiger charge is 2.16. The molecule has 3 rings (SSSR count). The maximum atomic E-state index is 5.20. The Bertz CT molecular complexity index is 719. The molecule has 0 fully saturated rings. The van der Waals surface area contributed by atoms with Crippen LogP contribution in [0.4, 0.5) is 0 Å². The van der Waals surface area contributed by atoms with E-state index in [1.165, 1.54) is 16.5 Å². The van der Waals surface area contributed by atoms with E-state index in [1.807, 2.05) is 18.4 Å². The van der Waals surface area contributed by atoms with Crippen molar-refractivity contribution in [1.29, 1.82) is 0 Å². The lowest BCUT2D eigenvalue weighted by Crippen LogP contribution is -2.23. The van der Waals surface area contributed by atoms with Gasteiger partial charge in [-0.1, -0.05) is 25.1 Å². The van der Waals surface area contributed by atoms with Crippen molar-refractivity contribution in [2.75, 3.05) is 6.54 Å². The number of furan rings is 1. The second-order valence-corrected chi connectivity index (χ2v) is 5.32. The number of benzene rings is 1. The molecule has 1 atom stereocenters. The first kappa shape index (κ1) is 13.8. The monoisotopic (exact) mass is 280 g/mol. The SMILES string of the molecule is CCNC(Cc1ccoc1)c1cc(C)nc2ccccc12. The first-order valence-electron chi connectivity index (χ1n) is 7.38. The molecule has 108 valence electrons. The second kappa shape index (κ2) is 6.10. The van der Waals surface area contributed by atoms with Gasteiger partial charge in [0, 0.05) is 17.1 Å². The van der Waals surface area contributed by atoms with Crippen LogP contribution in [0, 0.1) is 6.92 Å². The number of hydrogen-bond acceptors (Lipinski definition) is 3. The minimum atomic E-state index is 0.263. The number of aryl methyl sites for hydroxylation is 1. The predicted molar refractivity (Wildman–Crippen MR) is 85.3 cm³/mol. The normalized spacial score (nSPS) is 12.7. The first-order chi connectivity index (χ1) is 10.3. The summed E-state index contributed by atoms with van der Waals surface area (Å²) in [5, 5.41) is 4.81. The van der Waals surface area contributed by atoms with E-state index >= 15 is 0 Å². The zero-order valence-corrected chi connectivity index (χ0v) is 12.5. The van der Waals surface area contributed by atoms with Crippen LogP contribution in [0.5, 0.6) is 0 Å². The predicted octanol–water partition coefficient (Wildman–Crippen LogP) is 4.03. The summed E-state index contributed by atoms with van der Waals surface area (Å²) in [6, 6.07) is 12.8. The van der Waals surface area contributed by atoms with Crippen molar-refractivity contribution in [3.8, 4) is 0 Å². The minimum Gasteiger partial charge on any atom is -0.472 e. The van der Waals surface area contributed by atoms with Gasteiger partial charge in [0.15, 0.2) is 0 Å². The highest BCUT2D eigenvalue weighted by atomic mass is 16.3. The van der Waals surface area contributed by atoms with Gasteiger partial charge in [-0.05, 0) is 49.2 Å². The molecule has 0 aliphatic heterocycles. The molecular formula is C18H20N2O. The van der Waals surface area contributed by atoms with Gasteiger partial charge < -0.3 is 9.73 Å². The highest BCUT2D eigenvalue weighted by Crippen LogP contribution is 2.27. The van der Waals surface area contributed by atoms with E-state index in [9.17, 15) is 0 Å². The van der Waals surface area contributed by atoms with Crippen molar-refractivity contribution >= 4 is 10.9 Å². The van der Waals surface area contributed by atoms with Crippen LogP contribution in [0.15, 0.2) is 53.3 Å². The molecule has 0 bridgehead atoms. The topological polar surface area (TPSA) is 38.1 Å². The van der Waals surface area contributed by atoms with Crippen LogP contribution in [0.2, 0.25) is 0 Å². The largest absolute Gasteiger partial charge is 0.472 e. The van der Waals surface area contributed by atoms with E-state index in [-0.39, 0.29) is 6.04 Å².